The van der Waals surface area contributed by atoms with E-state index < -0.39 is 0 Å². The molecule has 5 aliphatic rings. The second-order valence-corrected chi connectivity index (χ2v) is 34.5. The predicted molar refractivity (Wildman–Crippen MR) is 540 cm³/mol. The quantitative estimate of drug-likeness (QED) is 0.0502. The molecule has 0 unspecified atom stereocenters. The number of carbonyl (C=O) groups is 5. The molecule has 0 radical (unpaired) electrons. The maximum absolute atomic E-state index is 11.2. The first-order valence-corrected chi connectivity index (χ1v) is 46.5. The van der Waals surface area contributed by atoms with Gasteiger partial charge in [-0.15, -0.1) is 0 Å². The number of fused-ring (bicyclic) bond motifs is 5. The Morgan fingerprint density at radius 1 is 0.279 bits per heavy atom. The fraction of sp³-hybridized carbons (Fsp3) is 0.271. The van der Waals surface area contributed by atoms with E-state index >= 15 is 0 Å². The van der Waals surface area contributed by atoms with Crippen molar-refractivity contribution in [2.75, 3.05) is 163 Å². The Morgan fingerprint density at radius 3 is 0.904 bits per heavy atom. The first kappa shape index (κ1) is 95.6. The first-order valence-electron chi connectivity index (χ1n) is 45.8. The number of ether oxygens (including phenoxy) is 5. The molecule has 5 fully saturated rings. The molecular formula is C107H109Cl2N17O10. The molecule has 696 valence electrons. The van der Waals surface area contributed by atoms with Crippen molar-refractivity contribution in [1.82, 2.24) is 54.5 Å². The van der Waals surface area contributed by atoms with Gasteiger partial charge in [-0.3, -0.25) is 53.5 Å². The van der Waals surface area contributed by atoms with Crippen molar-refractivity contribution in [2.45, 2.75) is 60.8 Å². The van der Waals surface area contributed by atoms with Crippen molar-refractivity contribution in [1.29, 1.82) is 0 Å². The Hall–Kier alpha value is -13.5. The van der Waals surface area contributed by atoms with Crippen LogP contribution in [0, 0.1) is 0 Å². The van der Waals surface area contributed by atoms with Crippen LogP contribution in [0.15, 0.2) is 249 Å². The van der Waals surface area contributed by atoms with Gasteiger partial charge in [0.05, 0.1) is 167 Å². The molecule has 12 heterocycles. The lowest BCUT2D eigenvalue weighted by molar-refractivity contribution is -0.115. The highest BCUT2D eigenvalue weighted by Crippen LogP contribution is 2.37. The maximum atomic E-state index is 11.2. The van der Waals surface area contributed by atoms with Crippen LogP contribution in [0.3, 0.4) is 0 Å². The van der Waals surface area contributed by atoms with Crippen molar-refractivity contribution in [2.24, 2.45) is 0 Å². The largest absolute Gasteiger partial charge is 0.379 e. The van der Waals surface area contributed by atoms with Crippen LogP contribution in [0.5, 0.6) is 0 Å². The van der Waals surface area contributed by atoms with Gasteiger partial charge in [0, 0.05) is 193 Å². The minimum atomic E-state index is -0.127. The zero-order valence-electron chi connectivity index (χ0n) is 76.8. The SMILES string of the molecule is CC(=O)Nc1ccc(-c2cc(CN3CCOCC3)c3cccc(Cl)c3n2)cc1.CC(=O)Nc1ccc(-c2cc(CN3CCOCC3)c3cccc(Cl)c3n2)nc1.CC(=O)Nc1ccc(-c2cc(CN3CCOCC3)c3ccccc3n2)cc1.CC(=O)Nc1ccc(-c2cc(CN3CCOCC3)c3ccccc3n2)nc1.CC(=O)Nc1ccc(-c2cc(N3CCOCC3)c3ccccc3n2)cc1. The van der Waals surface area contributed by atoms with Gasteiger partial charge in [0.2, 0.25) is 29.5 Å². The van der Waals surface area contributed by atoms with Crippen molar-refractivity contribution in [3.05, 3.63) is 281 Å². The number of para-hydroxylation sites is 5. The molecule has 27 nitrogen and oxygen atoms in total. The Kier molecular flexibility index (Phi) is 32.8. The number of anilines is 6. The number of hydrogen-bond acceptors (Lipinski definition) is 22. The molecule has 0 saturated carbocycles. The molecule has 5 N–H and O–H groups in total. The third-order valence-electron chi connectivity index (χ3n) is 23.6. The standard InChI is InChI=1S/C22H22ClN3O2.C22H23N3O2.C21H21ClN4O2.C21H22N4O2.C21H21N3O2/c1-15(27)24-18-7-5-16(6-8-18)21-13-17(14-26-9-11-28-12-10-26)19-3-2-4-20(23)22(19)25-21;1-16(26)23-19-8-6-17(7-9-19)22-14-18(15-25-10-12-27-13-11-25)20-4-2-3-5-21(20)24-22;1-14(27)24-16-5-6-19(23-12-16)20-11-15(13-26-7-9-28-10-8-26)17-3-2-4-18(22)21(17)25-20;1-15(26)23-17-6-7-20(22-13-17)21-12-16(14-25-8-10-27-11-9-25)18-4-2-3-5-19(18)24-21;1-15(25)22-17-8-6-16(7-9-17)20-14-21(24-10-12-26-13-11-24)18-4-2-3-5-19(18)23-20/h2-8,13H,9-12,14H2,1H3,(H,24,27);2-9,14H,10-13,15H2,1H3,(H,23,26);2-6,11-12H,7-10,13H2,1H3,(H,24,27);2-7,12-13H,8-11,14H2,1H3,(H,23,26);2-9,14H,10-13H2,1H3,(H,22,25). The number of aromatic nitrogens is 7. The Balaban J connectivity index is 0.000000123. The zero-order valence-corrected chi connectivity index (χ0v) is 78.4. The first-order chi connectivity index (χ1) is 66.3. The third kappa shape index (κ3) is 25.9. The molecule has 5 saturated heterocycles. The van der Waals surface area contributed by atoms with E-state index in [1.54, 1.807) is 12.4 Å². The lowest BCUT2D eigenvalue weighted by Crippen LogP contribution is -2.36. The Morgan fingerprint density at radius 2 is 0.551 bits per heavy atom. The van der Waals surface area contributed by atoms with Gasteiger partial charge in [-0.2, -0.15) is 0 Å². The number of nitrogens with zero attached hydrogens (tertiary/aromatic N) is 12. The van der Waals surface area contributed by atoms with Gasteiger partial charge in [0.1, 0.15) is 0 Å². The lowest BCUT2D eigenvalue weighted by atomic mass is 10.0. The van der Waals surface area contributed by atoms with Crippen LogP contribution in [-0.4, -0.2) is 216 Å². The summed E-state index contributed by atoms with van der Waals surface area (Å²) in [6.45, 7) is 27.8. The van der Waals surface area contributed by atoms with Gasteiger partial charge in [-0.25, -0.2) is 24.9 Å². The zero-order chi connectivity index (χ0) is 94.2. The van der Waals surface area contributed by atoms with Crippen molar-refractivity contribution in [3.8, 4) is 56.5 Å². The highest BCUT2D eigenvalue weighted by atomic mass is 35.5. The minimum absolute atomic E-state index is 0.0700. The van der Waals surface area contributed by atoms with E-state index in [-0.39, 0.29) is 29.5 Å². The van der Waals surface area contributed by atoms with E-state index in [0.717, 1.165) is 281 Å². The summed E-state index contributed by atoms with van der Waals surface area (Å²) in [5.74, 6) is -0.467. The summed E-state index contributed by atoms with van der Waals surface area (Å²) in [5, 5.41) is 20.8. The van der Waals surface area contributed by atoms with E-state index in [4.69, 9.17) is 71.8 Å². The van der Waals surface area contributed by atoms with Crippen molar-refractivity contribution >= 4 is 141 Å². The molecule has 0 spiro atoms. The Bertz CT molecular complexity index is 6370. The average molecular weight is 1860 g/mol. The van der Waals surface area contributed by atoms with E-state index in [1.807, 2.05) is 152 Å². The van der Waals surface area contributed by atoms with Gasteiger partial charge < -0.3 is 55.2 Å². The van der Waals surface area contributed by atoms with E-state index in [0.29, 0.717) is 21.4 Å². The number of nitrogens with one attached hydrogen (secondary N) is 5. The van der Waals surface area contributed by atoms with Gasteiger partial charge in [0.15, 0.2) is 0 Å². The highest BCUT2D eigenvalue weighted by Gasteiger charge is 2.24. The number of halogens is 2. The fourth-order valence-corrected chi connectivity index (χ4v) is 17.4. The normalized spacial score (nSPS) is 14.9. The predicted octanol–water partition coefficient (Wildman–Crippen LogP) is 18.6. The summed E-state index contributed by atoms with van der Waals surface area (Å²) in [4.78, 5) is 101. The molecule has 5 amide bonds. The van der Waals surface area contributed by atoms with Gasteiger partial charge in [-0.05, 0) is 144 Å². The summed E-state index contributed by atoms with van der Waals surface area (Å²) in [7, 11) is 0. The molecule has 136 heavy (non-hydrogen) atoms. The van der Waals surface area contributed by atoms with Crippen molar-refractivity contribution < 1.29 is 47.7 Å². The van der Waals surface area contributed by atoms with Crippen LogP contribution in [0.25, 0.3) is 111 Å². The number of rotatable bonds is 19. The molecule has 8 aromatic carbocycles. The summed E-state index contributed by atoms with van der Waals surface area (Å²) in [6.07, 6.45) is 3.30. The highest BCUT2D eigenvalue weighted by molar-refractivity contribution is 6.35. The smallest absolute Gasteiger partial charge is 0.221 e. The summed E-state index contributed by atoms with van der Waals surface area (Å²) < 4.78 is 27.4. The van der Waals surface area contributed by atoms with Crippen LogP contribution >= 0.6 is 23.2 Å². The van der Waals surface area contributed by atoms with Gasteiger partial charge in [-0.1, -0.05) is 138 Å². The number of benzene rings is 8. The average Bonchev–Trinajstić information content (AvgIpc) is 0.805. The molecule has 20 rings (SSSR count). The molecule has 5 aliphatic heterocycles. The lowest BCUT2D eigenvalue weighted by Gasteiger charge is -2.30. The second kappa shape index (κ2) is 46.6. The molecule has 29 heteroatoms. The van der Waals surface area contributed by atoms with Gasteiger partial charge >= 0.3 is 0 Å². The molecular weight excluding hydrogens is 1750 g/mol. The molecule has 0 atom stereocenters. The summed E-state index contributed by atoms with van der Waals surface area (Å²) in [6, 6.07) is 77.9. The monoisotopic (exact) mass is 1860 g/mol. The minimum Gasteiger partial charge on any atom is -0.379 e. The van der Waals surface area contributed by atoms with E-state index in [9.17, 15) is 24.0 Å². The summed E-state index contributed by atoms with van der Waals surface area (Å²) >= 11 is 12.9. The van der Waals surface area contributed by atoms with Crippen molar-refractivity contribution in [3.63, 3.8) is 0 Å². The number of hydrogen-bond donors (Lipinski definition) is 5. The number of pyridine rings is 7. The van der Waals surface area contributed by atoms with Crippen LogP contribution in [0.2, 0.25) is 10.0 Å². The Labute approximate surface area is 800 Å². The maximum Gasteiger partial charge on any atom is 0.221 e. The van der Waals surface area contributed by atoms with Crippen LogP contribution in [0.4, 0.5) is 34.1 Å². The van der Waals surface area contributed by atoms with Crippen LogP contribution in [0.1, 0.15) is 56.9 Å². The fourth-order valence-electron chi connectivity index (χ4n) is 16.9. The van der Waals surface area contributed by atoms with Crippen LogP contribution < -0.4 is 31.5 Å². The molecule has 0 bridgehead atoms. The number of morpholine rings is 5. The van der Waals surface area contributed by atoms with Gasteiger partial charge in [0.25, 0.3) is 0 Å². The van der Waals surface area contributed by atoms with Crippen LogP contribution in [-0.2, 0) is 73.8 Å². The molecule has 7 aromatic heterocycles. The second-order valence-electron chi connectivity index (χ2n) is 33.7. The molecule has 0 aliphatic carbocycles. The topological polar surface area (TPSA) is 298 Å². The third-order valence-corrected chi connectivity index (χ3v) is 24.2. The summed E-state index contributed by atoms with van der Waals surface area (Å²) in [5.41, 5.74) is 23.2. The molecule has 15 aromatic rings. The van der Waals surface area contributed by atoms with E-state index in [1.165, 1.54) is 67.8 Å². The number of carbonyl (C=O) groups excluding carboxylic acids is 5. The number of amides is 5. The van der Waals surface area contributed by atoms with E-state index in [2.05, 4.69) is 146 Å².